The van der Waals surface area contributed by atoms with E-state index in [4.69, 9.17) is 5.73 Å². The minimum atomic E-state index is -3.45. The molecule has 0 spiro atoms. The number of nitrogens with two attached hydrogens (primary N) is 1. The first-order valence-electron chi connectivity index (χ1n) is 14.2. The van der Waals surface area contributed by atoms with Crippen molar-refractivity contribution >= 4 is 21.5 Å². The molecule has 0 bridgehead atoms. The fraction of sp³-hybridized carbons (Fsp3) is 0.750. The van der Waals surface area contributed by atoms with E-state index in [1.807, 2.05) is 24.3 Å². The van der Waals surface area contributed by atoms with Crippen LogP contribution in [-0.2, 0) is 10.0 Å². The molecule has 1 aromatic carbocycles. The summed E-state index contributed by atoms with van der Waals surface area (Å²) in [6, 6.07) is 7.51. The first-order valence-corrected chi connectivity index (χ1v) is 15.8. The average molecular weight is 507 g/mol. The van der Waals surface area contributed by atoms with Gasteiger partial charge in [0, 0.05) is 24.3 Å². The monoisotopic (exact) mass is 506 g/mol. The Balaban J connectivity index is 1.63. The highest BCUT2D eigenvalue weighted by Crippen LogP contribution is 2.16. The van der Waals surface area contributed by atoms with Crippen molar-refractivity contribution in [3.05, 3.63) is 29.8 Å². The van der Waals surface area contributed by atoms with Gasteiger partial charge in [-0.1, -0.05) is 103 Å². The highest BCUT2D eigenvalue weighted by Gasteiger charge is 2.18. The predicted molar refractivity (Wildman–Crippen MR) is 150 cm³/mol. The van der Waals surface area contributed by atoms with Crippen molar-refractivity contribution in [2.24, 2.45) is 5.10 Å². The highest BCUT2D eigenvalue weighted by atomic mass is 32.2. The van der Waals surface area contributed by atoms with Crippen LogP contribution in [0.3, 0.4) is 0 Å². The molecule has 1 aliphatic heterocycles. The van der Waals surface area contributed by atoms with Crippen molar-refractivity contribution in [2.45, 2.75) is 116 Å². The minimum absolute atomic E-state index is 0.124. The number of anilines is 1. The Hall–Kier alpha value is -1.76. The van der Waals surface area contributed by atoms with Crippen LogP contribution in [0.25, 0.3) is 0 Å². The molecule has 7 heteroatoms. The molecule has 1 fully saturated rings. The third-order valence-corrected chi connectivity index (χ3v) is 8.05. The molecule has 35 heavy (non-hydrogen) atoms. The van der Waals surface area contributed by atoms with Gasteiger partial charge in [-0.05, 0) is 37.8 Å². The molecule has 0 aliphatic carbocycles. The quantitative estimate of drug-likeness (QED) is 0.0752. The van der Waals surface area contributed by atoms with Gasteiger partial charge in [-0.2, -0.15) is 0 Å². The maximum absolute atomic E-state index is 12.6. The zero-order valence-corrected chi connectivity index (χ0v) is 23.0. The number of unbranched alkanes of at least 4 members (excludes halogenated alkanes) is 13. The third kappa shape index (κ3) is 13.2. The van der Waals surface area contributed by atoms with E-state index in [0.717, 1.165) is 44.3 Å². The van der Waals surface area contributed by atoms with E-state index >= 15 is 0 Å². The smallest absolute Gasteiger partial charge is 0.247 e. The Morgan fingerprint density at radius 3 is 1.94 bits per heavy atom. The second kappa shape index (κ2) is 17.6. The van der Waals surface area contributed by atoms with Gasteiger partial charge in [0.05, 0.1) is 5.75 Å². The first-order chi connectivity index (χ1) is 17.0. The lowest BCUT2D eigenvalue weighted by Crippen LogP contribution is -2.38. The van der Waals surface area contributed by atoms with Gasteiger partial charge >= 0.3 is 0 Å². The number of benzene rings is 1. The van der Waals surface area contributed by atoms with Crippen LogP contribution in [0.4, 0.5) is 5.69 Å². The number of nitrogens with one attached hydrogen (secondary N) is 1. The number of amidine groups is 1. The minimum Gasteiger partial charge on any atom is -0.399 e. The van der Waals surface area contributed by atoms with Crippen molar-refractivity contribution in [3.63, 3.8) is 0 Å². The number of nitrogen functional groups attached to an aromatic ring is 1. The Morgan fingerprint density at radius 2 is 1.40 bits per heavy atom. The first kappa shape index (κ1) is 29.5. The zero-order valence-electron chi connectivity index (χ0n) is 22.1. The Bertz CT molecular complexity index is 820. The molecule has 200 valence electrons. The number of sulfonamides is 1. The number of hydrogen-bond acceptors (Lipinski definition) is 4. The maximum Gasteiger partial charge on any atom is 0.247 e. The summed E-state index contributed by atoms with van der Waals surface area (Å²) in [7, 11) is -3.45. The zero-order chi connectivity index (χ0) is 25.2. The molecule has 0 aromatic heterocycles. The lowest BCUT2D eigenvalue weighted by Gasteiger charge is -2.29. The Kier molecular flexibility index (Phi) is 14.8. The molecule has 2 rings (SSSR count). The summed E-state index contributed by atoms with van der Waals surface area (Å²) in [5.41, 5.74) is 7.47. The van der Waals surface area contributed by atoms with Crippen LogP contribution in [0, 0.1) is 0 Å². The van der Waals surface area contributed by atoms with Crippen LogP contribution in [0.1, 0.15) is 122 Å². The molecule has 3 N–H and O–H groups in total. The molecule has 0 amide bonds. The second-order valence-electron chi connectivity index (χ2n) is 10.1. The molecular weight excluding hydrogens is 456 g/mol. The Labute approximate surface area is 215 Å². The van der Waals surface area contributed by atoms with E-state index in [9.17, 15) is 8.42 Å². The summed E-state index contributed by atoms with van der Waals surface area (Å²) < 4.78 is 25.1. The summed E-state index contributed by atoms with van der Waals surface area (Å²) in [4.78, 5) is 4.66. The van der Waals surface area contributed by atoms with Gasteiger partial charge in [0.1, 0.15) is 0 Å². The number of hydrogen-bond donors (Lipinski definition) is 2. The lowest BCUT2D eigenvalue weighted by atomic mass is 10.0. The number of piperidine rings is 1. The molecule has 0 unspecified atom stereocenters. The maximum atomic E-state index is 12.6. The topological polar surface area (TPSA) is 87.8 Å². The molecule has 0 atom stereocenters. The van der Waals surface area contributed by atoms with Crippen molar-refractivity contribution in [1.82, 2.24) is 9.73 Å². The van der Waals surface area contributed by atoms with Crippen LogP contribution in [-0.4, -0.2) is 38.0 Å². The van der Waals surface area contributed by atoms with Crippen molar-refractivity contribution < 1.29 is 8.42 Å². The standard InChI is InChI=1S/C28H50N4O2S/c1-2-3-4-5-6-7-8-9-10-11-12-13-14-18-24-35(33,34)31-30-28(32-22-16-15-17-23-32)26-20-19-21-27(29)25-26/h19-21,25,31H,2-18,22-24,29H2,1H3/b30-28-. The second-order valence-corrected chi connectivity index (χ2v) is 11.9. The van der Waals surface area contributed by atoms with Gasteiger partial charge in [-0.3, -0.25) is 0 Å². The molecule has 0 radical (unpaired) electrons. The van der Waals surface area contributed by atoms with E-state index in [-0.39, 0.29) is 5.75 Å². The number of nitrogens with zero attached hydrogens (tertiary/aromatic N) is 2. The molecule has 1 heterocycles. The molecule has 6 nitrogen and oxygen atoms in total. The highest BCUT2D eigenvalue weighted by molar-refractivity contribution is 7.89. The van der Waals surface area contributed by atoms with E-state index < -0.39 is 10.0 Å². The van der Waals surface area contributed by atoms with E-state index in [1.165, 1.54) is 77.0 Å². The largest absolute Gasteiger partial charge is 0.399 e. The summed E-state index contributed by atoms with van der Waals surface area (Å²) in [5.74, 6) is 0.792. The third-order valence-electron chi connectivity index (χ3n) is 6.86. The summed E-state index contributed by atoms with van der Waals surface area (Å²) in [6.45, 7) is 4.03. The fourth-order valence-electron chi connectivity index (χ4n) is 4.75. The molecular formula is C28H50N4O2S. The number of rotatable bonds is 18. The van der Waals surface area contributed by atoms with Gasteiger partial charge in [0.15, 0.2) is 5.84 Å². The number of hydrazone groups is 1. The van der Waals surface area contributed by atoms with Crippen molar-refractivity contribution in [3.8, 4) is 0 Å². The van der Waals surface area contributed by atoms with Crippen LogP contribution in [0.5, 0.6) is 0 Å². The number of likely N-dealkylation sites (tertiary alicyclic amines) is 1. The SMILES string of the molecule is CCCCCCCCCCCCCCCCS(=O)(=O)N/N=C(/c1cccc(N)c1)N1CCCCC1. The summed E-state index contributed by atoms with van der Waals surface area (Å²) in [5, 5.41) is 4.36. The molecule has 1 aromatic rings. The van der Waals surface area contributed by atoms with E-state index in [2.05, 4.69) is 21.8 Å². The summed E-state index contributed by atoms with van der Waals surface area (Å²) in [6.07, 6.45) is 20.9. The van der Waals surface area contributed by atoms with Crippen LogP contribution in [0.2, 0.25) is 0 Å². The van der Waals surface area contributed by atoms with Gasteiger partial charge in [-0.15, -0.1) is 5.10 Å². The van der Waals surface area contributed by atoms with E-state index in [1.54, 1.807) is 0 Å². The lowest BCUT2D eigenvalue weighted by molar-refractivity contribution is 0.341. The van der Waals surface area contributed by atoms with Gasteiger partial charge < -0.3 is 10.6 Å². The van der Waals surface area contributed by atoms with Crippen LogP contribution >= 0.6 is 0 Å². The van der Waals surface area contributed by atoms with E-state index in [0.29, 0.717) is 17.9 Å². The summed E-state index contributed by atoms with van der Waals surface area (Å²) >= 11 is 0. The average Bonchev–Trinajstić information content (AvgIpc) is 2.85. The van der Waals surface area contributed by atoms with Crippen molar-refractivity contribution in [2.75, 3.05) is 24.6 Å². The molecule has 1 saturated heterocycles. The van der Waals surface area contributed by atoms with Crippen LogP contribution < -0.4 is 10.6 Å². The van der Waals surface area contributed by atoms with Gasteiger partial charge in [-0.25, -0.2) is 13.2 Å². The Morgan fingerprint density at radius 1 is 0.857 bits per heavy atom. The van der Waals surface area contributed by atoms with Crippen LogP contribution in [0.15, 0.2) is 29.4 Å². The predicted octanol–water partition coefficient (Wildman–Crippen LogP) is 6.82. The fourth-order valence-corrected chi connectivity index (χ4v) is 5.65. The van der Waals surface area contributed by atoms with Gasteiger partial charge in [0.25, 0.3) is 0 Å². The normalized spacial score (nSPS) is 14.9. The molecule has 1 aliphatic rings. The van der Waals surface area contributed by atoms with Gasteiger partial charge in [0.2, 0.25) is 10.0 Å². The molecule has 0 saturated carbocycles. The van der Waals surface area contributed by atoms with Crippen molar-refractivity contribution in [1.29, 1.82) is 0 Å².